The van der Waals surface area contributed by atoms with E-state index < -0.39 is 0 Å². The molecule has 0 aliphatic carbocycles. The number of nitrogens with zero attached hydrogens (tertiary/aromatic N) is 2. The van der Waals surface area contributed by atoms with Crippen LogP contribution in [-0.4, -0.2) is 32.6 Å². The number of anilines is 1. The molecule has 1 amide bonds. The number of hydrogen-bond donors (Lipinski definition) is 3. The third-order valence-corrected chi connectivity index (χ3v) is 4.64. The van der Waals surface area contributed by atoms with Crippen LogP contribution in [-0.2, 0) is 6.42 Å². The van der Waals surface area contributed by atoms with Gasteiger partial charge < -0.3 is 15.4 Å². The smallest absolute Gasteiger partial charge is 0.257 e. The number of benzene rings is 2. The van der Waals surface area contributed by atoms with Crippen LogP contribution in [0.4, 0.5) is 5.69 Å². The number of aromatic amines is 1. The van der Waals surface area contributed by atoms with Gasteiger partial charge in [-0.1, -0.05) is 41.9 Å². The predicted octanol–water partition coefficient (Wildman–Crippen LogP) is 4.07. The van der Waals surface area contributed by atoms with E-state index in [-0.39, 0.29) is 12.5 Å². The molecule has 7 heteroatoms. The largest absolute Gasteiger partial charge is 0.396 e. The van der Waals surface area contributed by atoms with E-state index in [1.165, 1.54) is 0 Å². The van der Waals surface area contributed by atoms with Crippen molar-refractivity contribution < 1.29 is 9.90 Å². The Morgan fingerprint density at radius 3 is 2.82 bits per heavy atom. The van der Waals surface area contributed by atoms with Gasteiger partial charge in [0.2, 0.25) is 0 Å². The van der Waals surface area contributed by atoms with Crippen molar-refractivity contribution >= 4 is 34.4 Å². The number of pyridine rings is 1. The Balaban J connectivity index is 1.61. The van der Waals surface area contributed by atoms with Gasteiger partial charge in [0.15, 0.2) is 5.65 Å². The lowest BCUT2D eigenvalue weighted by atomic mass is 10.1. The number of H-pyrrole nitrogens is 1. The second-order valence-corrected chi connectivity index (χ2v) is 6.69. The predicted molar refractivity (Wildman–Crippen MR) is 110 cm³/mol. The molecule has 0 aliphatic rings. The SMILES string of the molecule is O=C(Nc1cnc2[nH]c(-c3cccc(CCO)c3)nc2c1)c1ccccc1Cl. The summed E-state index contributed by atoms with van der Waals surface area (Å²) < 4.78 is 0. The first-order chi connectivity index (χ1) is 13.6. The lowest BCUT2D eigenvalue weighted by Crippen LogP contribution is -2.12. The number of aliphatic hydroxyl groups is 1. The lowest BCUT2D eigenvalue weighted by molar-refractivity contribution is 0.102. The molecule has 6 nitrogen and oxygen atoms in total. The van der Waals surface area contributed by atoms with E-state index in [0.29, 0.717) is 39.7 Å². The van der Waals surface area contributed by atoms with Gasteiger partial charge in [0.25, 0.3) is 5.91 Å². The molecule has 3 N–H and O–H groups in total. The number of imidazole rings is 1. The van der Waals surface area contributed by atoms with Gasteiger partial charge in [-0.05, 0) is 36.2 Å². The number of amides is 1. The molecule has 0 atom stereocenters. The van der Waals surface area contributed by atoms with Gasteiger partial charge in [0.1, 0.15) is 11.3 Å². The number of carbonyl (C=O) groups excluding carboxylic acids is 1. The molecule has 0 bridgehead atoms. The standard InChI is InChI=1S/C21H17ClN4O2/c22-17-7-2-1-6-16(17)21(28)24-15-11-18-20(23-12-15)26-19(25-18)14-5-3-4-13(10-14)8-9-27/h1-7,10-12,27H,8-9H2,(H,24,28)(H,23,25,26). The summed E-state index contributed by atoms with van der Waals surface area (Å²) in [7, 11) is 0. The first kappa shape index (κ1) is 18.2. The Morgan fingerprint density at radius 1 is 1.14 bits per heavy atom. The van der Waals surface area contributed by atoms with Crippen LogP contribution in [0.3, 0.4) is 0 Å². The van der Waals surface area contributed by atoms with Crippen LogP contribution < -0.4 is 5.32 Å². The highest BCUT2D eigenvalue weighted by Crippen LogP contribution is 2.23. The molecule has 4 rings (SSSR count). The quantitative estimate of drug-likeness (QED) is 0.477. The maximum absolute atomic E-state index is 12.4. The van der Waals surface area contributed by atoms with Crippen LogP contribution >= 0.6 is 11.6 Å². The fourth-order valence-corrected chi connectivity index (χ4v) is 3.17. The summed E-state index contributed by atoms with van der Waals surface area (Å²) in [6.45, 7) is 0.0969. The molecule has 0 saturated carbocycles. The van der Waals surface area contributed by atoms with Crippen molar-refractivity contribution in [3.05, 3.63) is 76.9 Å². The monoisotopic (exact) mass is 392 g/mol. The summed E-state index contributed by atoms with van der Waals surface area (Å²) in [5.74, 6) is 0.371. The van der Waals surface area contributed by atoms with Crippen molar-refractivity contribution in [2.24, 2.45) is 0 Å². The Morgan fingerprint density at radius 2 is 2.00 bits per heavy atom. The Bertz CT molecular complexity index is 1160. The van der Waals surface area contributed by atoms with Crippen molar-refractivity contribution in [1.29, 1.82) is 0 Å². The normalized spacial score (nSPS) is 10.9. The van der Waals surface area contributed by atoms with Crippen LogP contribution in [0.5, 0.6) is 0 Å². The summed E-state index contributed by atoms with van der Waals surface area (Å²) in [5, 5.41) is 12.3. The minimum atomic E-state index is -0.306. The average Bonchev–Trinajstić information content (AvgIpc) is 3.12. The number of nitrogens with one attached hydrogen (secondary N) is 2. The van der Waals surface area contributed by atoms with E-state index >= 15 is 0 Å². The second-order valence-electron chi connectivity index (χ2n) is 6.29. The molecule has 0 aliphatic heterocycles. The Kier molecular flexibility index (Phi) is 5.06. The lowest BCUT2D eigenvalue weighted by Gasteiger charge is -2.06. The molecule has 0 spiro atoms. The third kappa shape index (κ3) is 3.74. The van der Waals surface area contributed by atoms with Crippen molar-refractivity contribution in [2.75, 3.05) is 11.9 Å². The van der Waals surface area contributed by atoms with Gasteiger partial charge in [-0.3, -0.25) is 4.79 Å². The minimum absolute atomic E-state index is 0.0969. The average molecular weight is 393 g/mol. The number of carbonyl (C=O) groups is 1. The van der Waals surface area contributed by atoms with Gasteiger partial charge in [-0.25, -0.2) is 9.97 Å². The number of rotatable bonds is 5. The van der Waals surface area contributed by atoms with Crippen molar-refractivity contribution in [2.45, 2.75) is 6.42 Å². The van der Waals surface area contributed by atoms with Crippen LogP contribution in [0.15, 0.2) is 60.8 Å². The molecule has 0 fully saturated rings. The van der Waals surface area contributed by atoms with Crippen LogP contribution in [0.25, 0.3) is 22.6 Å². The molecule has 4 aromatic rings. The maximum atomic E-state index is 12.4. The molecule has 0 saturated heterocycles. The number of aromatic nitrogens is 3. The minimum Gasteiger partial charge on any atom is -0.396 e. The fourth-order valence-electron chi connectivity index (χ4n) is 2.95. The first-order valence-corrected chi connectivity index (χ1v) is 9.13. The van der Waals surface area contributed by atoms with E-state index in [1.54, 1.807) is 36.5 Å². The van der Waals surface area contributed by atoms with E-state index in [9.17, 15) is 4.79 Å². The zero-order chi connectivity index (χ0) is 19.5. The highest BCUT2D eigenvalue weighted by molar-refractivity contribution is 6.34. The van der Waals surface area contributed by atoms with E-state index in [4.69, 9.17) is 16.7 Å². The molecule has 28 heavy (non-hydrogen) atoms. The van der Waals surface area contributed by atoms with Gasteiger partial charge in [0, 0.05) is 12.2 Å². The fraction of sp³-hybridized carbons (Fsp3) is 0.0952. The maximum Gasteiger partial charge on any atom is 0.257 e. The third-order valence-electron chi connectivity index (χ3n) is 4.31. The van der Waals surface area contributed by atoms with Gasteiger partial charge in [-0.2, -0.15) is 0 Å². The molecule has 0 radical (unpaired) electrons. The van der Waals surface area contributed by atoms with E-state index in [0.717, 1.165) is 11.1 Å². The molecule has 0 unspecified atom stereocenters. The molecular weight excluding hydrogens is 376 g/mol. The van der Waals surface area contributed by atoms with Crippen molar-refractivity contribution in [3.8, 4) is 11.4 Å². The number of halogens is 1. The highest BCUT2D eigenvalue weighted by Gasteiger charge is 2.12. The zero-order valence-corrected chi connectivity index (χ0v) is 15.6. The number of fused-ring (bicyclic) bond motifs is 1. The Hall–Kier alpha value is -3.22. The summed E-state index contributed by atoms with van der Waals surface area (Å²) >= 11 is 6.08. The van der Waals surface area contributed by atoms with Crippen molar-refractivity contribution in [3.63, 3.8) is 0 Å². The zero-order valence-electron chi connectivity index (χ0n) is 14.8. The van der Waals surface area contributed by atoms with E-state index in [2.05, 4.69) is 20.3 Å². The molecular formula is C21H17ClN4O2. The second kappa shape index (κ2) is 7.80. The summed E-state index contributed by atoms with van der Waals surface area (Å²) in [5.41, 5.74) is 4.13. The van der Waals surface area contributed by atoms with Crippen LogP contribution in [0, 0.1) is 0 Å². The first-order valence-electron chi connectivity index (χ1n) is 8.76. The van der Waals surface area contributed by atoms with Gasteiger partial charge >= 0.3 is 0 Å². The van der Waals surface area contributed by atoms with Crippen molar-refractivity contribution in [1.82, 2.24) is 15.0 Å². The molecule has 2 heterocycles. The number of hydrogen-bond acceptors (Lipinski definition) is 4. The van der Waals surface area contributed by atoms with Gasteiger partial charge in [0.05, 0.1) is 22.5 Å². The Labute approximate surface area is 166 Å². The molecule has 2 aromatic heterocycles. The summed E-state index contributed by atoms with van der Waals surface area (Å²) in [6.07, 6.45) is 2.16. The molecule has 2 aromatic carbocycles. The van der Waals surface area contributed by atoms with Crippen LogP contribution in [0.1, 0.15) is 15.9 Å². The summed E-state index contributed by atoms with van der Waals surface area (Å²) in [6, 6.07) is 16.4. The number of aliphatic hydroxyl groups excluding tert-OH is 1. The van der Waals surface area contributed by atoms with E-state index in [1.807, 2.05) is 24.3 Å². The topological polar surface area (TPSA) is 90.9 Å². The van der Waals surface area contributed by atoms with Crippen LogP contribution in [0.2, 0.25) is 5.02 Å². The molecule has 140 valence electrons. The highest BCUT2D eigenvalue weighted by atomic mass is 35.5. The van der Waals surface area contributed by atoms with Gasteiger partial charge in [-0.15, -0.1) is 0 Å². The summed E-state index contributed by atoms with van der Waals surface area (Å²) in [4.78, 5) is 24.5.